The summed E-state index contributed by atoms with van der Waals surface area (Å²) >= 11 is 0. The maximum absolute atomic E-state index is 13.3. The lowest BCUT2D eigenvalue weighted by molar-refractivity contribution is 0.0633. The number of rotatable bonds is 4. The number of likely N-dealkylation sites (tertiary alicyclic amines) is 1. The smallest absolute Gasteiger partial charge is 0.272 e. The molecule has 3 heterocycles. The highest BCUT2D eigenvalue weighted by atomic mass is 19.1. The average molecular weight is 400 g/mol. The SMILES string of the molecule is CC(C)c1cc(C(=O)N2CCCC(C3NNCC3c3ccc(F)cc3)C2)n(C)n1. The van der Waals surface area contributed by atoms with Crippen molar-refractivity contribution in [3.05, 3.63) is 53.1 Å². The Labute approximate surface area is 171 Å². The van der Waals surface area contributed by atoms with Crippen LogP contribution in [0, 0.1) is 11.7 Å². The molecule has 4 rings (SSSR count). The summed E-state index contributed by atoms with van der Waals surface area (Å²) in [6.07, 6.45) is 2.06. The van der Waals surface area contributed by atoms with Crippen molar-refractivity contribution < 1.29 is 9.18 Å². The van der Waals surface area contributed by atoms with E-state index in [1.54, 1.807) is 4.68 Å². The number of aryl methyl sites for hydroxylation is 1. The molecule has 2 aliphatic rings. The molecule has 0 bridgehead atoms. The molecule has 6 nitrogen and oxygen atoms in total. The number of piperidine rings is 1. The number of aromatic nitrogens is 2. The van der Waals surface area contributed by atoms with E-state index in [2.05, 4.69) is 29.8 Å². The highest BCUT2D eigenvalue weighted by Gasteiger charge is 2.38. The molecule has 7 heteroatoms. The van der Waals surface area contributed by atoms with Gasteiger partial charge in [-0.1, -0.05) is 26.0 Å². The van der Waals surface area contributed by atoms with Gasteiger partial charge < -0.3 is 4.90 Å². The summed E-state index contributed by atoms with van der Waals surface area (Å²) in [5.74, 6) is 0.744. The molecule has 0 spiro atoms. The van der Waals surface area contributed by atoms with E-state index < -0.39 is 0 Å². The zero-order valence-electron chi connectivity index (χ0n) is 17.4. The van der Waals surface area contributed by atoms with E-state index >= 15 is 0 Å². The van der Waals surface area contributed by atoms with Gasteiger partial charge in [0.15, 0.2) is 0 Å². The first kappa shape index (κ1) is 20.0. The largest absolute Gasteiger partial charge is 0.337 e. The predicted molar refractivity (Wildman–Crippen MR) is 110 cm³/mol. The molecule has 2 saturated heterocycles. The summed E-state index contributed by atoms with van der Waals surface area (Å²) in [7, 11) is 1.84. The Morgan fingerprint density at radius 3 is 2.72 bits per heavy atom. The molecule has 1 aromatic heterocycles. The third kappa shape index (κ3) is 4.07. The third-order valence-corrected chi connectivity index (χ3v) is 6.28. The lowest BCUT2D eigenvalue weighted by Crippen LogP contribution is -2.48. The third-order valence-electron chi connectivity index (χ3n) is 6.28. The van der Waals surface area contributed by atoms with Crippen molar-refractivity contribution in [2.45, 2.75) is 44.6 Å². The van der Waals surface area contributed by atoms with Crippen molar-refractivity contribution in [3.8, 4) is 0 Å². The first-order valence-corrected chi connectivity index (χ1v) is 10.5. The van der Waals surface area contributed by atoms with Gasteiger partial charge in [0.25, 0.3) is 5.91 Å². The molecule has 3 unspecified atom stereocenters. The Morgan fingerprint density at radius 2 is 2.03 bits per heavy atom. The van der Waals surface area contributed by atoms with E-state index in [1.807, 2.05) is 30.1 Å². The second-order valence-corrected chi connectivity index (χ2v) is 8.60. The molecular weight excluding hydrogens is 369 g/mol. The van der Waals surface area contributed by atoms with E-state index in [0.717, 1.165) is 43.7 Å². The second kappa shape index (κ2) is 8.24. The fraction of sp³-hybridized carbons (Fsp3) is 0.545. The topological polar surface area (TPSA) is 62.2 Å². The molecule has 1 aromatic carbocycles. The zero-order chi connectivity index (χ0) is 20.5. The van der Waals surface area contributed by atoms with Crippen LogP contribution in [0.25, 0.3) is 0 Å². The van der Waals surface area contributed by atoms with Gasteiger partial charge in [-0.05, 0) is 48.4 Å². The van der Waals surface area contributed by atoms with Gasteiger partial charge in [0.1, 0.15) is 11.5 Å². The maximum atomic E-state index is 13.3. The number of nitrogens with zero attached hydrogens (tertiary/aromatic N) is 3. The van der Waals surface area contributed by atoms with Crippen molar-refractivity contribution in [1.29, 1.82) is 0 Å². The normalized spacial score (nSPS) is 25.0. The molecule has 0 radical (unpaired) electrons. The van der Waals surface area contributed by atoms with Crippen LogP contribution >= 0.6 is 0 Å². The minimum Gasteiger partial charge on any atom is -0.337 e. The summed E-state index contributed by atoms with van der Waals surface area (Å²) in [6, 6.07) is 8.93. The Morgan fingerprint density at radius 1 is 1.28 bits per heavy atom. The molecule has 2 aromatic rings. The first-order valence-electron chi connectivity index (χ1n) is 10.5. The molecule has 0 aliphatic carbocycles. The summed E-state index contributed by atoms with van der Waals surface area (Å²) in [4.78, 5) is 15.2. The van der Waals surface area contributed by atoms with Gasteiger partial charge in [-0.2, -0.15) is 5.10 Å². The summed E-state index contributed by atoms with van der Waals surface area (Å²) < 4.78 is 15.0. The molecule has 156 valence electrons. The van der Waals surface area contributed by atoms with Crippen LogP contribution in [0.5, 0.6) is 0 Å². The van der Waals surface area contributed by atoms with Gasteiger partial charge in [0, 0.05) is 38.6 Å². The molecule has 2 fully saturated rings. The number of hydrogen-bond acceptors (Lipinski definition) is 4. The van der Waals surface area contributed by atoms with Crippen LogP contribution in [0.3, 0.4) is 0 Å². The number of halogens is 1. The van der Waals surface area contributed by atoms with Crippen LogP contribution in [0.4, 0.5) is 4.39 Å². The van der Waals surface area contributed by atoms with Gasteiger partial charge in [0.05, 0.1) is 5.69 Å². The molecule has 3 atom stereocenters. The highest BCUT2D eigenvalue weighted by Crippen LogP contribution is 2.32. The lowest BCUT2D eigenvalue weighted by Gasteiger charge is -2.37. The van der Waals surface area contributed by atoms with Gasteiger partial charge in [0.2, 0.25) is 0 Å². The van der Waals surface area contributed by atoms with Gasteiger partial charge in [-0.25, -0.2) is 4.39 Å². The zero-order valence-corrected chi connectivity index (χ0v) is 17.4. The number of carbonyl (C=O) groups excluding carboxylic acids is 1. The molecule has 2 N–H and O–H groups in total. The van der Waals surface area contributed by atoms with E-state index in [-0.39, 0.29) is 23.7 Å². The average Bonchev–Trinajstić information content (AvgIpc) is 3.35. The summed E-state index contributed by atoms with van der Waals surface area (Å²) in [5.41, 5.74) is 9.42. The standard InChI is InChI=1S/C22H30FN5O/c1-14(2)19-11-20(27(3)26-19)22(29)28-10-4-5-16(13-28)21-18(12-24-25-21)15-6-8-17(23)9-7-15/h6-9,11,14,16,18,21,24-25H,4-5,10,12-13H2,1-3H3. The number of hydrogen-bond donors (Lipinski definition) is 2. The fourth-order valence-electron chi connectivity index (χ4n) is 4.62. The summed E-state index contributed by atoms with van der Waals surface area (Å²) in [5, 5.41) is 4.50. The van der Waals surface area contributed by atoms with Crippen LogP contribution in [-0.2, 0) is 7.05 Å². The number of benzene rings is 1. The second-order valence-electron chi connectivity index (χ2n) is 8.60. The molecular formula is C22H30FN5O. The summed E-state index contributed by atoms with van der Waals surface area (Å²) in [6.45, 7) is 6.47. The van der Waals surface area contributed by atoms with E-state index in [4.69, 9.17) is 0 Å². The molecule has 29 heavy (non-hydrogen) atoms. The Hall–Kier alpha value is -2.25. The van der Waals surface area contributed by atoms with Crippen molar-refractivity contribution in [1.82, 2.24) is 25.5 Å². The molecule has 1 amide bonds. The van der Waals surface area contributed by atoms with E-state index in [0.29, 0.717) is 17.5 Å². The fourth-order valence-corrected chi connectivity index (χ4v) is 4.62. The van der Waals surface area contributed by atoms with Crippen molar-refractivity contribution in [2.24, 2.45) is 13.0 Å². The van der Waals surface area contributed by atoms with Gasteiger partial charge in [-0.15, -0.1) is 0 Å². The Bertz CT molecular complexity index is 863. The maximum Gasteiger partial charge on any atom is 0.272 e. The first-order chi connectivity index (χ1) is 13.9. The van der Waals surface area contributed by atoms with Crippen LogP contribution < -0.4 is 10.9 Å². The monoisotopic (exact) mass is 399 g/mol. The van der Waals surface area contributed by atoms with Crippen molar-refractivity contribution in [2.75, 3.05) is 19.6 Å². The number of amides is 1. The van der Waals surface area contributed by atoms with Crippen LogP contribution in [0.2, 0.25) is 0 Å². The number of nitrogens with one attached hydrogen (secondary N) is 2. The van der Waals surface area contributed by atoms with Crippen molar-refractivity contribution in [3.63, 3.8) is 0 Å². The van der Waals surface area contributed by atoms with Crippen LogP contribution in [0.15, 0.2) is 30.3 Å². The lowest BCUT2D eigenvalue weighted by atomic mass is 9.81. The quantitative estimate of drug-likeness (QED) is 0.830. The minimum atomic E-state index is -0.212. The van der Waals surface area contributed by atoms with Crippen LogP contribution in [0.1, 0.15) is 60.3 Å². The highest BCUT2D eigenvalue weighted by molar-refractivity contribution is 5.92. The van der Waals surface area contributed by atoms with Crippen LogP contribution in [-0.4, -0.2) is 46.3 Å². The minimum absolute atomic E-state index is 0.0564. The van der Waals surface area contributed by atoms with Crippen molar-refractivity contribution >= 4 is 5.91 Å². The molecule has 0 saturated carbocycles. The number of carbonyl (C=O) groups is 1. The van der Waals surface area contributed by atoms with E-state index in [9.17, 15) is 9.18 Å². The Balaban J connectivity index is 1.49. The Kier molecular flexibility index (Phi) is 5.69. The van der Waals surface area contributed by atoms with Gasteiger partial charge >= 0.3 is 0 Å². The van der Waals surface area contributed by atoms with E-state index in [1.165, 1.54) is 12.1 Å². The number of hydrazine groups is 1. The van der Waals surface area contributed by atoms with Gasteiger partial charge in [-0.3, -0.25) is 20.3 Å². The molecule has 2 aliphatic heterocycles. The predicted octanol–water partition coefficient (Wildman–Crippen LogP) is 2.80.